The maximum Gasteiger partial charge on any atom is 0.149 e. The molecule has 0 bridgehead atoms. The van der Waals surface area contributed by atoms with Crippen molar-refractivity contribution in [3.63, 3.8) is 0 Å². The van der Waals surface area contributed by atoms with E-state index in [1.807, 2.05) is 13.8 Å². The number of nitrogens with zero attached hydrogens (tertiary/aromatic N) is 2. The molecule has 0 atom stereocenters. The van der Waals surface area contributed by atoms with Crippen molar-refractivity contribution in [2.75, 3.05) is 5.32 Å². The van der Waals surface area contributed by atoms with Gasteiger partial charge >= 0.3 is 0 Å². The fourth-order valence-corrected chi connectivity index (χ4v) is 1.88. The summed E-state index contributed by atoms with van der Waals surface area (Å²) >= 11 is 3.28. The standard InChI is InChI=1S/C13H12BrF2N3/c1-7(2)13-18-11(14)6-12(19-13)17-10-4-3-8(15)5-9(10)16/h3-7H,1-2H3,(H,17,18,19). The molecule has 0 spiro atoms. The van der Waals surface area contributed by atoms with Crippen molar-refractivity contribution in [2.24, 2.45) is 0 Å². The molecule has 2 rings (SSSR count). The van der Waals surface area contributed by atoms with Gasteiger partial charge in [-0.2, -0.15) is 0 Å². The van der Waals surface area contributed by atoms with Gasteiger partial charge in [-0.3, -0.25) is 0 Å². The van der Waals surface area contributed by atoms with Gasteiger partial charge in [0.2, 0.25) is 0 Å². The Hall–Kier alpha value is -1.56. The van der Waals surface area contributed by atoms with Crippen LogP contribution in [0.15, 0.2) is 28.9 Å². The van der Waals surface area contributed by atoms with Gasteiger partial charge in [0.1, 0.15) is 27.9 Å². The lowest BCUT2D eigenvalue weighted by atomic mass is 10.2. The number of aromatic nitrogens is 2. The molecule has 0 aliphatic rings. The van der Waals surface area contributed by atoms with Crippen molar-refractivity contribution in [1.29, 1.82) is 0 Å². The minimum atomic E-state index is -0.666. The molecule has 0 amide bonds. The molecule has 1 aromatic heterocycles. The largest absolute Gasteiger partial charge is 0.338 e. The van der Waals surface area contributed by atoms with Gasteiger partial charge in [-0.15, -0.1) is 0 Å². The van der Waals surface area contributed by atoms with Crippen molar-refractivity contribution >= 4 is 27.4 Å². The highest BCUT2D eigenvalue weighted by atomic mass is 79.9. The third kappa shape index (κ3) is 3.47. The van der Waals surface area contributed by atoms with Gasteiger partial charge in [0, 0.05) is 18.1 Å². The first kappa shape index (κ1) is 13.9. The van der Waals surface area contributed by atoms with Gasteiger partial charge in [-0.1, -0.05) is 13.8 Å². The molecule has 1 aromatic carbocycles. The molecule has 0 aliphatic heterocycles. The Morgan fingerprint density at radius 1 is 1.16 bits per heavy atom. The Morgan fingerprint density at radius 3 is 2.53 bits per heavy atom. The zero-order valence-electron chi connectivity index (χ0n) is 10.4. The second kappa shape index (κ2) is 5.61. The molecular formula is C13H12BrF2N3. The van der Waals surface area contributed by atoms with Crippen LogP contribution in [0.5, 0.6) is 0 Å². The second-order valence-electron chi connectivity index (χ2n) is 4.34. The third-order valence-corrected chi connectivity index (χ3v) is 2.83. The fourth-order valence-electron chi connectivity index (χ4n) is 1.49. The minimum Gasteiger partial charge on any atom is -0.338 e. The van der Waals surface area contributed by atoms with Crippen LogP contribution in [0.25, 0.3) is 0 Å². The highest BCUT2D eigenvalue weighted by Crippen LogP contribution is 2.23. The summed E-state index contributed by atoms with van der Waals surface area (Å²) in [6, 6.07) is 4.97. The van der Waals surface area contributed by atoms with Gasteiger partial charge in [-0.25, -0.2) is 18.7 Å². The fraction of sp³-hybridized carbons (Fsp3) is 0.231. The predicted molar refractivity (Wildman–Crippen MR) is 73.5 cm³/mol. The molecule has 0 saturated heterocycles. The van der Waals surface area contributed by atoms with E-state index < -0.39 is 11.6 Å². The summed E-state index contributed by atoms with van der Waals surface area (Å²) in [6.45, 7) is 3.92. The lowest BCUT2D eigenvalue weighted by Crippen LogP contribution is -2.03. The third-order valence-electron chi connectivity index (χ3n) is 2.42. The quantitative estimate of drug-likeness (QED) is 0.850. The molecular weight excluding hydrogens is 316 g/mol. The first-order chi connectivity index (χ1) is 8.95. The SMILES string of the molecule is CC(C)c1nc(Br)cc(Nc2ccc(F)cc2F)n1. The van der Waals surface area contributed by atoms with E-state index in [9.17, 15) is 8.78 Å². The van der Waals surface area contributed by atoms with Crippen LogP contribution in [0.2, 0.25) is 0 Å². The van der Waals surface area contributed by atoms with Crippen LogP contribution in [0.3, 0.4) is 0 Å². The van der Waals surface area contributed by atoms with E-state index in [0.717, 1.165) is 6.07 Å². The first-order valence-electron chi connectivity index (χ1n) is 5.72. The van der Waals surface area contributed by atoms with Gasteiger partial charge in [0.05, 0.1) is 5.69 Å². The summed E-state index contributed by atoms with van der Waals surface area (Å²) in [4.78, 5) is 8.50. The van der Waals surface area contributed by atoms with Gasteiger partial charge in [-0.05, 0) is 28.1 Å². The summed E-state index contributed by atoms with van der Waals surface area (Å²) in [7, 11) is 0. The van der Waals surface area contributed by atoms with Crippen LogP contribution in [0.1, 0.15) is 25.6 Å². The van der Waals surface area contributed by atoms with Gasteiger partial charge in [0.25, 0.3) is 0 Å². The smallest absolute Gasteiger partial charge is 0.149 e. The Bertz CT molecular complexity index is 602. The van der Waals surface area contributed by atoms with E-state index in [0.29, 0.717) is 16.2 Å². The van der Waals surface area contributed by atoms with Crippen LogP contribution in [-0.2, 0) is 0 Å². The van der Waals surface area contributed by atoms with Crippen molar-refractivity contribution in [3.05, 3.63) is 46.3 Å². The molecule has 0 saturated carbocycles. The molecule has 100 valence electrons. The normalized spacial score (nSPS) is 10.8. The average Bonchev–Trinajstić information content (AvgIpc) is 2.32. The van der Waals surface area contributed by atoms with E-state index in [1.165, 1.54) is 12.1 Å². The molecule has 1 heterocycles. The monoisotopic (exact) mass is 327 g/mol. The van der Waals surface area contributed by atoms with E-state index in [4.69, 9.17) is 0 Å². The molecule has 0 unspecified atom stereocenters. The number of rotatable bonds is 3. The highest BCUT2D eigenvalue weighted by molar-refractivity contribution is 9.10. The van der Waals surface area contributed by atoms with Crippen molar-refractivity contribution < 1.29 is 8.78 Å². The summed E-state index contributed by atoms with van der Waals surface area (Å²) in [5.41, 5.74) is 0.168. The zero-order valence-corrected chi connectivity index (χ0v) is 12.0. The number of hydrogen-bond donors (Lipinski definition) is 1. The number of benzene rings is 1. The minimum absolute atomic E-state index is 0.149. The number of halogens is 3. The second-order valence-corrected chi connectivity index (χ2v) is 5.15. The Labute approximate surface area is 118 Å². The number of hydrogen-bond acceptors (Lipinski definition) is 3. The lowest BCUT2D eigenvalue weighted by Gasteiger charge is -2.10. The van der Waals surface area contributed by atoms with E-state index >= 15 is 0 Å². The van der Waals surface area contributed by atoms with E-state index in [2.05, 4.69) is 31.2 Å². The summed E-state index contributed by atoms with van der Waals surface area (Å²) in [5.74, 6) is -0.0396. The van der Waals surface area contributed by atoms with Crippen LogP contribution in [0, 0.1) is 11.6 Å². The molecule has 6 heteroatoms. The molecule has 19 heavy (non-hydrogen) atoms. The van der Waals surface area contributed by atoms with Crippen LogP contribution >= 0.6 is 15.9 Å². The summed E-state index contributed by atoms with van der Waals surface area (Å²) < 4.78 is 27.0. The van der Waals surface area contributed by atoms with Crippen molar-refractivity contribution in [3.8, 4) is 0 Å². The number of nitrogens with one attached hydrogen (secondary N) is 1. The van der Waals surface area contributed by atoms with Crippen molar-refractivity contribution in [1.82, 2.24) is 9.97 Å². The molecule has 0 radical (unpaired) electrons. The van der Waals surface area contributed by atoms with Gasteiger partial charge in [0.15, 0.2) is 0 Å². The highest BCUT2D eigenvalue weighted by Gasteiger charge is 2.09. The van der Waals surface area contributed by atoms with E-state index in [-0.39, 0.29) is 11.6 Å². The molecule has 3 nitrogen and oxygen atoms in total. The van der Waals surface area contributed by atoms with Crippen LogP contribution in [-0.4, -0.2) is 9.97 Å². The molecule has 2 aromatic rings. The maximum absolute atomic E-state index is 13.5. The predicted octanol–water partition coefficient (Wildman–Crippen LogP) is 4.38. The Morgan fingerprint density at radius 2 is 1.89 bits per heavy atom. The average molecular weight is 328 g/mol. The summed E-state index contributed by atoms with van der Waals surface area (Å²) in [6.07, 6.45) is 0. The lowest BCUT2D eigenvalue weighted by molar-refractivity contribution is 0.586. The number of anilines is 2. The topological polar surface area (TPSA) is 37.8 Å². The molecule has 1 N–H and O–H groups in total. The summed E-state index contributed by atoms with van der Waals surface area (Å²) in [5, 5.41) is 2.81. The Kier molecular flexibility index (Phi) is 4.09. The Balaban J connectivity index is 2.32. The van der Waals surface area contributed by atoms with E-state index in [1.54, 1.807) is 6.07 Å². The van der Waals surface area contributed by atoms with Crippen molar-refractivity contribution in [2.45, 2.75) is 19.8 Å². The first-order valence-corrected chi connectivity index (χ1v) is 6.51. The zero-order chi connectivity index (χ0) is 14.0. The van der Waals surface area contributed by atoms with Crippen LogP contribution < -0.4 is 5.32 Å². The molecule has 0 fully saturated rings. The van der Waals surface area contributed by atoms with Gasteiger partial charge < -0.3 is 5.32 Å². The molecule has 0 aliphatic carbocycles. The maximum atomic E-state index is 13.5. The van der Waals surface area contributed by atoms with Crippen LogP contribution in [0.4, 0.5) is 20.3 Å².